The summed E-state index contributed by atoms with van der Waals surface area (Å²) in [5.74, 6) is -0.855. The van der Waals surface area contributed by atoms with E-state index in [-0.39, 0.29) is 5.75 Å². The Labute approximate surface area is 121 Å². The Bertz CT molecular complexity index is 746. The highest BCUT2D eigenvalue weighted by atomic mass is 16.3. The third-order valence-electron chi connectivity index (χ3n) is 3.32. The average molecular weight is 280 g/mol. The summed E-state index contributed by atoms with van der Waals surface area (Å²) in [6, 6.07) is 13.2. The number of amides is 2. The SMILES string of the molecule is C/C(=N/N1C(=O)c2ccccc2C1=O)c1ccccc1O. The van der Waals surface area contributed by atoms with E-state index in [1.165, 1.54) is 6.07 Å². The van der Waals surface area contributed by atoms with E-state index in [0.29, 0.717) is 22.4 Å². The standard InChI is InChI=1S/C16H12N2O3/c1-10(11-6-4-5-9-14(11)19)17-18-15(20)12-7-2-3-8-13(12)16(18)21/h2-9,19H,1H3/b17-10-. The lowest BCUT2D eigenvalue weighted by Crippen LogP contribution is -2.25. The lowest BCUT2D eigenvalue weighted by Gasteiger charge is -2.09. The highest BCUT2D eigenvalue weighted by Crippen LogP contribution is 2.24. The normalized spacial score (nSPS) is 14.5. The summed E-state index contributed by atoms with van der Waals surface area (Å²) in [6.07, 6.45) is 0. The van der Waals surface area contributed by atoms with Crippen LogP contribution in [0.3, 0.4) is 0 Å². The van der Waals surface area contributed by atoms with Gasteiger partial charge in [-0.3, -0.25) is 9.59 Å². The first-order valence-electron chi connectivity index (χ1n) is 6.41. The van der Waals surface area contributed by atoms with Crippen LogP contribution in [-0.2, 0) is 0 Å². The number of rotatable bonds is 2. The highest BCUT2D eigenvalue weighted by molar-refractivity contribution is 6.21. The molecular weight excluding hydrogens is 268 g/mol. The minimum Gasteiger partial charge on any atom is -0.507 e. The molecule has 3 rings (SSSR count). The number of carbonyl (C=O) groups excluding carboxylic acids is 2. The molecule has 0 fully saturated rings. The van der Waals surface area contributed by atoms with Crippen molar-refractivity contribution in [2.75, 3.05) is 0 Å². The van der Waals surface area contributed by atoms with Crippen LogP contribution < -0.4 is 0 Å². The fraction of sp³-hybridized carbons (Fsp3) is 0.0625. The van der Waals surface area contributed by atoms with Gasteiger partial charge >= 0.3 is 0 Å². The largest absolute Gasteiger partial charge is 0.507 e. The molecule has 2 amide bonds. The van der Waals surface area contributed by atoms with Crippen LogP contribution in [0, 0.1) is 0 Å². The summed E-state index contributed by atoms with van der Waals surface area (Å²) < 4.78 is 0. The number of hydrogen-bond acceptors (Lipinski definition) is 4. The van der Waals surface area contributed by atoms with Gasteiger partial charge in [-0.05, 0) is 31.2 Å². The molecule has 2 aromatic carbocycles. The molecule has 2 aromatic rings. The molecule has 5 heteroatoms. The van der Waals surface area contributed by atoms with E-state index in [1.54, 1.807) is 49.4 Å². The van der Waals surface area contributed by atoms with Crippen molar-refractivity contribution < 1.29 is 14.7 Å². The first-order valence-corrected chi connectivity index (χ1v) is 6.41. The summed E-state index contributed by atoms with van der Waals surface area (Å²) in [7, 11) is 0. The van der Waals surface area contributed by atoms with Crippen molar-refractivity contribution in [3.8, 4) is 5.75 Å². The van der Waals surface area contributed by atoms with Gasteiger partial charge in [-0.1, -0.05) is 24.3 Å². The summed E-state index contributed by atoms with van der Waals surface area (Å²) >= 11 is 0. The third-order valence-corrected chi connectivity index (χ3v) is 3.32. The quantitative estimate of drug-likeness (QED) is 0.678. The van der Waals surface area contributed by atoms with Gasteiger partial charge in [0.1, 0.15) is 5.75 Å². The zero-order valence-corrected chi connectivity index (χ0v) is 11.3. The number of hydrogen-bond donors (Lipinski definition) is 1. The zero-order chi connectivity index (χ0) is 15.0. The number of nitrogens with zero attached hydrogens (tertiary/aromatic N) is 2. The van der Waals surface area contributed by atoms with Gasteiger partial charge in [-0.15, -0.1) is 0 Å². The molecule has 0 saturated heterocycles. The number of benzene rings is 2. The fourth-order valence-corrected chi connectivity index (χ4v) is 2.25. The maximum absolute atomic E-state index is 12.2. The molecule has 1 aliphatic rings. The van der Waals surface area contributed by atoms with Crippen LogP contribution in [0.1, 0.15) is 33.2 Å². The van der Waals surface area contributed by atoms with Gasteiger partial charge in [0, 0.05) is 5.56 Å². The Morgan fingerprint density at radius 1 is 0.952 bits per heavy atom. The summed E-state index contributed by atoms with van der Waals surface area (Å²) in [5, 5.41) is 14.7. The van der Waals surface area contributed by atoms with Gasteiger partial charge < -0.3 is 5.11 Å². The zero-order valence-electron chi connectivity index (χ0n) is 11.3. The van der Waals surface area contributed by atoms with Crippen LogP contribution in [0.4, 0.5) is 0 Å². The third kappa shape index (κ3) is 2.08. The van der Waals surface area contributed by atoms with Gasteiger partial charge in [-0.2, -0.15) is 10.1 Å². The van der Waals surface area contributed by atoms with Crippen LogP contribution in [0.5, 0.6) is 5.75 Å². The van der Waals surface area contributed by atoms with Gasteiger partial charge in [-0.25, -0.2) is 0 Å². The fourth-order valence-electron chi connectivity index (χ4n) is 2.25. The number of imide groups is 1. The number of hydrazone groups is 1. The van der Waals surface area contributed by atoms with Gasteiger partial charge in [0.05, 0.1) is 16.8 Å². The number of fused-ring (bicyclic) bond motifs is 1. The molecule has 0 bridgehead atoms. The Kier molecular flexibility index (Phi) is 3.02. The minimum atomic E-state index is -0.453. The molecule has 0 aromatic heterocycles. The molecule has 1 heterocycles. The van der Waals surface area contributed by atoms with Crippen molar-refractivity contribution in [2.45, 2.75) is 6.92 Å². The molecule has 1 aliphatic heterocycles. The monoisotopic (exact) mass is 280 g/mol. The van der Waals surface area contributed by atoms with Gasteiger partial charge in [0.25, 0.3) is 11.8 Å². The summed E-state index contributed by atoms with van der Waals surface area (Å²) in [6.45, 7) is 1.64. The van der Waals surface area contributed by atoms with E-state index >= 15 is 0 Å². The van der Waals surface area contributed by atoms with E-state index < -0.39 is 11.8 Å². The number of para-hydroxylation sites is 1. The first-order chi connectivity index (χ1) is 10.1. The Hall–Kier alpha value is -2.95. The molecule has 0 aliphatic carbocycles. The van der Waals surface area contributed by atoms with Crippen LogP contribution in [0.15, 0.2) is 53.6 Å². The van der Waals surface area contributed by atoms with Crippen molar-refractivity contribution >= 4 is 17.5 Å². The number of aromatic hydroxyl groups is 1. The van der Waals surface area contributed by atoms with Crippen molar-refractivity contribution in [1.29, 1.82) is 0 Å². The average Bonchev–Trinajstić information content (AvgIpc) is 2.73. The first kappa shape index (κ1) is 13.1. The topological polar surface area (TPSA) is 70.0 Å². The number of carbonyl (C=O) groups is 2. The van der Waals surface area contributed by atoms with E-state index in [4.69, 9.17) is 0 Å². The van der Waals surface area contributed by atoms with Crippen LogP contribution >= 0.6 is 0 Å². The van der Waals surface area contributed by atoms with E-state index in [2.05, 4.69) is 5.10 Å². The molecule has 0 atom stereocenters. The Morgan fingerprint density at radius 3 is 2.05 bits per heavy atom. The molecule has 0 radical (unpaired) electrons. The van der Waals surface area contributed by atoms with Crippen molar-refractivity contribution in [2.24, 2.45) is 5.10 Å². The predicted molar refractivity (Wildman–Crippen MR) is 77.3 cm³/mol. The molecular formula is C16H12N2O3. The van der Waals surface area contributed by atoms with Crippen LogP contribution in [0.25, 0.3) is 0 Å². The molecule has 5 nitrogen and oxygen atoms in total. The van der Waals surface area contributed by atoms with Gasteiger partial charge in [0.15, 0.2) is 0 Å². The smallest absolute Gasteiger partial charge is 0.282 e. The second-order valence-corrected chi connectivity index (χ2v) is 4.67. The van der Waals surface area contributed by atoms with E-state index in [0.717, 1.165) is 5.01 Å². The maximum atomic E-state index is 12.2. The van der Waals surface area contributed by atoms with Crippen LogP contribution in [0.2, 0.25) is 0 Å². The molecule has 0 spiro atoms. The Balaban J connectivity index is 2.00. The maximum Gasteiger partial charge on any atom is 0.282 e. The Morgan fingerprint density at radius 2 is 1.48 bits per heavy atom. The van der Waals surface area contributed by atoms with E-state index in [1.807, 2.05) is 0 Å². The van der Waals surface area contributed by atoms with Crippen molar-refractivity contribution in [1.82, 2.24) is 5.01 Å². The highest BCUT2D eigenvalue weighted by Gasteiger charge is 2.35. The number of phenolic OH excluding ortho intramolecular Hbond substituents is 1. The van der Waals surface area contributed by atoms with Crippen LogP contribution in [-0.4, -0.2) is 27.6 Å². The van der Waals surface area contributed by atoms with Crippen molar-refractivity contribution in [3.63, 3.8) is 0 Å². The predicted octanol–water partition coefficient (Wildman–Crippen LogP) is 2.41. The molecule has 0 saturated carbocycles. The summed E-state index contributed by atoms with van der Waals surface area (Å²) in [4.78, 5) is 24.4. The summed E-state index contributed by atoms with van der Waals surface area (Å²) in [5.41, 5.74) is 1.56. The molecule has 104 valence electrons. The van der Waals surface area contributed by atoms with Crippen molar-refractivity contribution in [3.05, 3.63) is 65.2 Å². The second-order valence-electron chi connectivity index (χ2n) is 4.67. The number of phenols is 1. The molecule has 21 heavy (non-hydrogen) atoms. The lowest BCUT2D eigenvalue weighted by molar-refractivity contribution is 0.0658. The van der Waals surface area contributed by atoms with Gasteiger partial charge in [0.2, 0.25) is 0 Å². The minimum absolute atomic E-state index is 0.0513. The van der Waals surface area contributed by atoms with E-state index in [9.17, 15) is 14.7 Å². The molecule has 0 unspecified atom stereocenters. The lowest BCUT2D eigenvalue weighted by atomic mass is 10.1. The second kappa shape index (κ2) is 4.86. The molecule has 1 N–H and O–H groups in total.